The fraction of sp³-hybridized carbons (Fsp3) is 0.880. The van der Waals surface area contributed by atoms with Crippen LogP contribution in [0.1, 0.15) is 87.0 Å². The number of ether oxygens (including phenoxy) is 1. The smallest absolute Gasteiger partial charge is 0.411 e. The second kappa shape index (κ2) is 11.1. The molecule has 2 rings (SSSR count). The maximum absolute atomic E-state index is 13.4. The largest absolute Gasteiger partial charge is 0.444 e. The van der Waals surface area contributed by atoms with Gasteiger partial charge in [-0.2, -0.15) is 0 Å². The molecule has 0 unspecified atom stereocenters. The maximum atomic E-state index is 13.4. The molecule has 0 radical (unpaired) electrons. The number of hydrogen-bond donors (Lipinski definition) is 2. The first kappa shape index (κ1) is 27.4. The molecule has 1 aliphatic heterocycles. The fourth-order valence-corrected chi connectivity index (χ4v) is 4.91. The van der Waals surface area contributed by atoms with Crippen LogP contribution in [-0.4, -0.2) is 76.2 Å². The summed E-state index contributed by atoms with van der Waals surface area (Å²) in [5.74, 6) is 0.00532. The summed E-state index contributed by atoms with van der Waals surface area (Å²) in [6.07, 6.45) is 4.24. The van der Waals surface area contributed by atoms with Gasteiger partial charge in [0.15, 0.2) is 0 Å². The molecule has 3 amide bonds. The molecule has 8 nitrogen and oxygen atoms in total. The molecule has 1 heterocycles. The van der Waals surface area contributed by atoms with E-state index in [0.29, 0.717) is 12.8 Å². The van der Waals surface area contributed by atoms with Crippen LogP contribution in [-0.2, 0) is 14.3 Å². The molecular weight excluding hydrogens is 422 g/mol. The van der Waals surface area contributed by atoms with E-state index in [2.05, 4.69) is 19.2 Å². The number of hydrogen-bond acceptors (Lipinski definition) is 5. The normalized spacial score (nSPS) is 23.5. The molecule has 33 heavy (non-hydrogen) atoms. The van der Waals surface area contributed by atoms with Crippen LogP contribution in [0, 0.1) is 11.3 Å². The van der Waals surface area contributed by atoms with Crippen molar-refractivity contribution in [2.45, 2.75) is 111 Å². The number of carbonyl (C=O) groups excluding carboxylic acids is 3. The van der Waals surface area contributed by atoms with Gasteiger partial charge in [0.1, 0.15) is 11.6 Å². The lowest BCUT2D eigenvalue weighted by molar-refractivity contribution is -0.138. The summed E-state index contributed by atoms with van der Waals surface area (Å²) in [7, 11) is 0. The molecule has 0 bridgehead atoms. The number of nitrogens with zero attached hydrogens (tertiary/aromatic N) is 2. The molecule has 0 aromatic rings. The number of nitrogens with one attached hydrogen (secondary N) is 1. The minimum atomic E-state index is -0.731. The van der Waals surface area contributed by atoms with Crippen molar-refractivity contribution < 1.29 is 24.2 Å². The van der Waals surface area contributed by atoms with Crippen LogP contribution in [0.3, 0.4) is 0 Å². The highest BCUT2D eigenvalue weighted by molar-refractivity contribution is 5.87. The van der Waals surface area contributed by atoms with Crippen LogP contribution in [0.15, 0.2) is 0 Å². The van der Waals surface area contributed by atoms with Crippen molar-refractivity contribution >= 4 is 17.9 Å². The van der Waals surface area contributed by atoms with Crippen LogP contribution < -0.4 is 5.32 Å². The van der Waals surface area contributed by atoms with Crippen LogP contribution in [0.2, 0.25) is 0 Å². The Morgan fingerprint density at radius 3 is 2.27 bits per heavy atom. The van der Waals surface area contributed by atoms with Crippen molar-refractivity contribution in [3.63, 3.8) is 0 Å². The minimum absolute atomic E-state index is 0.0975. The van der Waals surface area contributed by atoms with Gasteiger partial charge in [0.05, 0.1) is 12.6 Å². The average molecular weight is 468 g/mol. The number of rotatable bonds is 7. The lowest BCUT2D eigenvalue weighted by atomic mass is 9.75. The van der Waals surface area contributed by atoms with Crippen LogP contribution in [0.25, 0.3) is 0 Å². The molecule has 1 saturated heterocycles. The summed E-state index contributed by atoms with van der Waals surface area (Å²) in [6.45, 7) is 14.2. The number of aliphatic hydroxyl groups is 1. The Labute approximate surface area is 199 Å². The number of amides is 3. The van der Waals surface area contributed by atoms with E-state index in [-0.39, 0.29) is 54.9 Å². The third kappa shape index (κ3) is 7.87. The van der Waals surface area contributed by atoms with Crippen molar-refractivity contribution in [2.75, 3.05) is 19.7 Å². The lowest BCUT2D eigenvalue weighted by Crippen LogP contribution is -2.51. The van der Waals surface area contributed by atoms with E-state index in [1.165, 1.54) is 4.90 Å². The molecule has 2 aliphatic rings. The van der Waals surface area contributed by atoms with E-state index < -0.39 is 17.7 Å². The van der Waals surface area contributed by atoms with E-state index in [1.807, 2.05) is 18.7 Å². The molecule has 1 aliphatic carbocycles. The second-order valence-corrected chi connectivity index (χ2v) is 11.8. The van der Waals surface area contributed by atoms with E-state index in [0.717, 1.165) is 25.7 Å². The third-order valence-electron chi connectivity index (χ3n) is 6.59. The van der Waals surface area contributed by atoms with E-state index in [4.69, 9.17) is 9.84 Å². The first-order valence-electron chi connectivity index (χ1n) is 12.4. The van der Waals surface area contributed by atoms with Crippen LogP contribution in [0.4, 0.5) is 4.79 Å². The van der Waals surface area contributed by atoms with Crippen LogP contribution in [0.5, 0.6) is 0 Å². The van der Waals surface area contributed by atoms with Gasteiger partial charge in [-0.3, -0.25) is 14.5 Å². The molecule has 190 valence electrons. The van der Waals surface area contributed by atoms with Crippen molar-refractivity contribution in [3.8, 4) is 0 Å². The standard InChI is InChI=1S/C25H45N3O5/c1-17(2)14-21(30)28(18-8-10-25(6,7)11-9-18)19-15-20(22(31)26-12-13-29)27(16-19)23(32)33-24(3,4)5/h17-20,29H,8-16H2,1-7H3,(H,26,31)/t19-,20-/m0/s1. The summed E-state index contributed by atoms with van der Waals surface area (Å²) in [5, 5.41) is 11.8. The van der Waals surface area contributed by atoms with Crippen molar-refractivity contribution in [3.05, 3.63) is 0 Å². The third-order valence-corrected chi connectivity index (χ3v) is 6.59. The van der Waals surface area contributed by atoms with E-state index in [1.54, 1.807) is 20.8 Å². The van der Waals surface area contributed by atoms with E-state index in [9.17, 15) is 14.4 Å². The lowest BCUT2D eigenvalue weighted by Gasteiger charge is -2.43. The molecule has 0 aromatic heterocycles. The van der Waals surface area contributed by atoms with Gasteiger partial charge in [0.25, 0.3) is 0 Å². The zero-order chi connectivity index (χ0) is 25.0. The van der Waals surface area contributed by atoms with Gasteiger partial charge >= 0.3 is 6.09 Å². The number of carbonyl (C=O) groups is 3. The highest BCUT2D eigenvalue weighted by atomic mass is 16.6. The molecule has 0 aromatic carbocycles. The Balaban J connectivity index is 2.30. The van der Waals surface area contributed by atoms with Crippen molar-refractivity contribution in [2.24, 2.45) is 11.3 Å². The van der Waals surface area contributed by atoms with Gasteiger partial charge in [-0.15, -0.1) is 0 Å². The van der Waals surface area contributed by atoms with Gasteiger partial charge in [0.2, 0.25) is 11.8 Å². The first-order chi connectivity index (χ1) is 15.2. The molecule has 1 saturated carbocycles. The highest BCUT2D eigenvalue weighted by Gasteiger charge is 2.46. The SMILES string of the molecule is CC(C)CC(=O)N(C1CCC(C)(C)CC1)[C@H]1C[C@@H](C(=O)NCCO)N(C(=O)OC(C)(C)C)C1. The summed E-state index contributed by atoms with van der Waals surface area (Å²) in [6, 6.07) is -0.848. The summed E-state index contributed by atoms with van der Waals surface area (Å²) < 4.78 is 5.59. The Hall–Kier alpha value is -1.83. The molecule has 2 fully saturated rings. The van der Waals surface area contributed by atoms with Crippen molar-refractivity contribution in [1.29, 1.82) is 0 Å². The molecule has 2 atom stereocenters. The number of aliphatic hydroxyl groups excluding tert-OH is 1. The van der Waals surface area contributed by atoms with Gasteiger partial charge in [-0.05, 0) is 64.2 Å². The second-order valence-electron chi connectivity index (χ2n) is 11.8. The Morgan fingerprint density at radius 2 is 1.76 bits per heavy atom. The van der Waals surface area contributed by atoms with Gasteiger partial charge < -0.3 is 20.1 Å². The van der Waals surface area contributed by atoms with E-state index >= 15 is 0 Å². The summed E-state index contributed by atoms with van der Waals surface area (Å²) in [5.41, 5.74) is -0.419. The summed E-state index contributed by atoms with van der Waals surface area (Å²) in [4.78, 5) is 42.8. The maximum Gasteiger partial charge on any atom is 0.411 e. The molecule has 0 spiro atoms. The summed E-state index contributed by atoms with van der Waals surface area (Å²) >= 11 is 0. The average Bonchev–Trinajstić information content (AvgIpc) is 3.11. The van der Waals surface area contributed by atoms with Gasteiger partial charge in [0, 0.05) is 25.6 Å². The number of likely N-dealkylation sites (tertiary alicyclic amines) is 1. The molecule has 8 heteroatoms. The monoisotopic (exact) mass is 467 g/mol. The highest BCUT2D eigenvalue weighted by Crippen LogP contribution is 2.39. The van der Waals surface area contributed by atoms with Crippen LogP contribution >= 0.6 is 0 Å². The van der Waals surface area contributed by atoms with Crippen molar-refractivity contribution in [1.82, 2.24) is 15.1 Å². The first-order valence-corrected chi connectivity index (χ1v) is 12.4. The zero-order valence-electron chi connectivity index (χ0n) is 21.6. The van der Waals surface area contributed by atoms with Gasteiger partial charge in [-0.1, -0.05) is 27.7 Å². The molecular formula is C25H45N3O5. The fourth-order valence-electron chi connectivity index (χ4n) is 4.91. The minimum Gasteiger partial charge on any atom is -0.444 e. The molecule has 2 N–H and O–H groups in total. The van der Waals surface area contributed by atoms with Gasteiger partial charge in [-0.25, -0.2) is 4.79 Å². The Bertz CT molecular complexity index is 691. The predicted octanol–water partition coefficient (Wildman–Crippen LogP) is 3.32. The Kier molecular flexibility index (Phi) is 9.19. The zero-order valence-corrected chi connectivity index (χ0v) is 21.6. The topological polar surface area (TPSA) is 99.2 Å². The predicted molar refractivity (Wildman–Crippen MR) is 128 cm³/mol. The quantitative estimate of drug-likeness (QED) is 0.598. The Morgan fingerprint density at radius 1 is 1.15 bits per heavy atom.